The molecule has 2 amide bonds. The highest BCUT2D eigenvalue weighted by molar-refractivity contribution is 7.08. The molecular formula is C16H20N4O2S2. The molecule has 6 nitrogen and oxygen atoms in total. The van der Waals surface area contributed by atoms with Crippen molar-refractivity contribution in [2.24, 2.45) is 5.92 Å². The molecule has 0 aromatic carbocycles. The summed E-state index contributed by atoms with van der Waals surface area (Å²) in [7, 11) is 1.83. The maximum Gasteiger partial charge on any atom is 0.273 e. The third kappa shape index (κ3) is 4.18. The van der Waals surface area contributed by atoms with Gasteiger partial charge in [-0.15, -0.1) is 22.7 Å². The highest BCUT2D eigenvalue weighted by Gasteiger charge is 2.25. The molecule has 128 valence electrons. The fourth-order valence-electron chi connectivity index (χ4n) is 3.06. The Kier molecular flexibility index (Phi) is 5.57. The largest absolute Gasteiger partial charge is 0.348 e. The quantitative estimate of drug-likeness (QED) is 0.885. The molecule has 8 heteroatoms. The molecular weight excluding hydrogens is 344 g/mol. The van der Waals surface area contributed by atoms with Crippen molar-refractivity contribution >= 4 is 34.5 Å². The molecule has 1 aliphatic rings. The minimum atomic E-state index is -0.0875. The number of carbonyl (C=O) groups is 2. The van der Waals surface area contributed by atoms with Crippen LogP contribution in [0.5, 0.6) is 0 Å². The Bertz CT molecular complexity index is 664. The van der Waals surface area contributed by atoms with Crippen LogP contribution in [0.25, 0.3) is 0 Å². The molecule has 0 aliphatic heterocycles. The summed E-state index contributed by atoms with van der Waals surface area (Å²) >= 11 is 2.86. The summed E-state index contributed by atoms with van der Waals surface area (Å²) < 4.78 is 0. The van der Waals surface area contributed by atoms with Crippen LogP contribution in [-0.2, 0) is 0 Å². The van der Waals surface area contributed by atoms with Gasteiger partial charge >= 0.3 is 0 Å². The molecule has 2 heterocycles. The molecule has 0 saturated heterocycles. The molecule has 0 radical (unpaired) electrons. The highest BCUT2D eigenvalue weighted by Crippen LogP contribution is 2.25. The van der Waals surface area contributed by atoms with Crippen molar-refractivity contribution in [1.82, 2.24) is 20.2 Å². The van der Waals surface area contributed by atoms with Gasteiger partial charge in [0.2, 0.25) is 0 Å². The van der Waals surface area contributed by atoms with Gasteiger partial charge in [-0.2, -0.15) is 0 Å². The molecule has 2 aromatic rings. The monoisotopic (exact) mass is 364 g/mol. The Morgan fingerprint density at radius 3 is 2.33 bits per heavy atom. The molecule has 0 unspecified atom stereocenters. The van der Waals surface area contributed by atoms with Crippen molar-refractivity contribution in [2.75, 3.05) is 13.6 Å². The number of amides is 2. The van der Waals surface area contributed by atoms with Gasteiger partial charge in [-0.05, 0) is 31.6 Å². The molecule has 1 N–H and O–H groups in total. The van der Waals surface area contributed by atoms with Crippen LogP contribution in [-0.4, -0.2) is 46.3 Å². The predicted octanol–water partition coefficient (Wildman–Crippen LogP) is 2.66. The van der Waals surface area contributed by atoms with Gasteiger partial charge in [0.25, 0.3) is 11.8 Å². The smallest absolute Gasteiger partial charge is 0.273 e. The van der Waals surface area contributed by atoms with Crippen LogP contribution < -0.4 is 5.32 Å². The van der Waals surface area contributed by atoms with E-state index in [0.29, 0.717) is 17.3 Å². The second-order valence-electron chi connectivity index (χ2n) is 6.12. The van der Waals surface area contributed by atoms with Gasteiger partial charge in [0, 0.05) is 30.4 Å². The first-order valence-electron chi connectivity index (χ1n) is 7.96. The Labute approximate surface area is 148 Å². The van der Waals surface area contributed by atoms with Crippen LogP contribution in [0, 0.1) is 5.92 Å². The molecule has 24 heavy (non-hydrogen) atoms. The molecule has 1 fully saturated rings. The van der Waals surface area contributed by atoms with E-state index in [1.807, 2.05) is 7.05 Å². The van der Waals surface area contributed by atoms with E-state index in [9.17, 15) is 9.59 Å². The maximum atomic E-state index is 12.2. The van der Waals surface area contributed by atoms with Crippen molar-refractivity contribution in [3.05, 3.63) is 33.2 Å². The topological polar surface area (TPSA) is 75.2 Å². The Hall–Kier alpha value is -1.80. The molecule has 1 saturated carbocycles. The van der Waals surface area contributed by atoms with E-state index in [2.05, 4.69) is 15.3 Å². The van der Waals surface area contributed by atoms with Crippen molar-refractivity contribution < 1.29 is 9.59 Å². The summed E-state index contributed by atoms with van der Waals surface area (Å²) in [5.41, 5.74) is 4.36. The molecule has 0 spiro atoms. The van der Waals surface area contributed by atoms with Gasteiger partial charge in [0.05, 0.1) is 11.0 Å². The molecule has 0 atom stereocenters. The van der Waals surface area contributed by atoms with Crippen LogP contribution in [0.3, 0.4) is 0 Å². The number of nitrogens with zero attached hydrogens (tertiary/aromatic N) is 3. The summed E-state index contributed by atoms with van der Waals surface area (Å²) in [6.45, 7) is 0.739. The van der Waals surface area contributed by atoms with Gasteiger partial charge in [-0.3, -0.25) is 9.59 Å². The number of aromatic nitrogens is 2. The van der Waals surface area contributed by atoms with Crippen LogP contribution >= 0.6 is 22.7 Å². The highest BCUT2D eigenvalue weighted by atomic mass is 32.1. The van der Waals surface area contributed by atoms with Gasteiger partial charge in [0.1, 0.15) is 11.4 Å². The van der Waals surface area contributed by atoms with E-state index in [0.717, 1.165) is 32.2 Å². The lowest BCUT2D eigenvalue weighted by Gasteiger charge is -2.31. The lowest BCUT2D eigenvalue weighted by Crippen LogP contribution is -2.40. The van der Waals surface area contributed by atoms with E-state index >= 15 is 0 Å². The Morgan fingerprint density at radius 1 is 1.12 bits per heavy atom. The number of carbonyl (C=O) groups excluding carboxylic acids is 2. The second-order valence-corrected chi connectivity index (χ2v) is 7.56. The van der Waals surface area contributed by atoms with E-state index in [-0.39, 0.29) is 17.9 Å². The van der Waals surface area contributed by atoms with E-state index in [4.69, 9.17) is 0 Å². The zero-order valence-corrected chi connectivity index (χ0v) is 15.1. The zero-order chi connectivity index (χ0) is 16.9. The van der Waals surface area contributed by atoms with Crippen LogP contribution in [0.4, 0.5) is 0 Å². The number of nitrogens with one attached hydrogen (secondary N) is 1. The summed E-state index contributed by atoms with van der Waals surface area (Å²) in [5, 5.41) is 6.60. The number of hydrogen-bond donors (Lipinski definition) is 1. The summed E-state index contributed by atoms with van der Waals surface area (Å²) in [4.78, 5) is 34.1. The van der Waals surface area contributed by atoms with Gasteiger partial charge < -0.3 is 10.2 Å². The summed E-state index contributed by atoms with van der Waals surface area (Å²) in [6.07, 6.45) is 3.91. The van der Waals surface area contributed by atoms with Crippen LogP contribution in [0.2, 0.25) is 0 Å². The lowest BCUT2D eigenvalue weighted by atomic mass is 9.85. The van der Waals surface area contributed by atoms with E-state index in [1.165, 1.54) is 22.7 Å². The van der Waals surface area contributed by atoms with Crippen molar-refractivity contribution in [3.63, 3.8) is 0 Å². The summed E-state index contributed by atoms with van der Waals surface area (Å²) in [6, 6.07) is 0.204. The average molecular weight is 364 g/mol. The Balaban J connectivity index is 1.43. The van der Waals surface area contributed by atoms with Crippen LogP contribution in [0.1, 0.15) is 46.7 Å². The molecule has 3 rings (SSSR count). The molecule has 2 aromatic heterocycles. The fraction of sp³-hybridized carbons (Fsp3) is 0.500. The first-order valence-corrected chi connectivity index (χ1v) is 9.84. The molecule has 0 bridgehead atoms. The van der Waals surface area contributed by atoms with E-state index < -0.39 is 0 Å². The first-order chi connectivity index (χ1) is 11.6. The van der Waals surface area contributed by atoms with E-state index in [1.54, 1.807) is 26.7 Å². The fourth-order valence-corrected chi connectivity index (χ4v) is 4.12. The first kappa shape index (κ1) is 17.0. The summed E-state index contributed by atoms with van der Waals surface area (Å²) in [5.74, 6) is 0.371. The van der Waals surface area contributed by atoms with Crippen molar-refractivity contribution in [3.8, 4) is 0 Å². The number of thiazole rings is 2. The second kappa shape index (κ2) is 7.85. The number of hydrogen-bond acceptors (Lipinski definition) is 6. The number of rotatable bonds is 5. The lowest BCUT2D eigenvalue weighted by molar-refractivity contribution is 0.0750. The standard InChI is InChI=1S/C16H20N4O2S2/c1-20(16(22)14-8-24-10-18-14)6-11-2-4-12(5-3-11)19-15(21)13-7-23-9-17-13/h7-12H,2-6H2,1H3,(H,19,21). The third-order valence-corrected chi connectivity index (χ3v) is 5.55. The average Bonchev–Trinajstić information content (AvgIpc) is 3.29. The minimum Gasteiger partial charge on any atom is -0.348 e. The maximum absolute atomic E-state index is 12.2. The van der Waals surface area contributed by atoms with Crippen LogP contribution in [0.15, 0.2) is 21.8 Å². The SMILES string of the molecule is CN(CC1CCC(NC(=O)c2cscn2)CC1)C(=O)c1cscn1. The van der Waals surface area contributed by atoms with Gasteiger partial charge in [0.15, 0.2) is 0 Å². The van der Waals surface area contributed by atoms with Gasteiger partial charge in [-0.1, -0.05) is 0 Å². The molecule has 1 aliphatic carbocycles. The normalized spacial score (nSPS) is 20.5. The third-order valence-electron chi connectivity index (χ3n) is 4.38. The predicted molar refractivity (Wildman–Crippen MR) is 94.4 cm³/mol. The van der Waals surface area contributed by atoms with Crippen molar-refractivity contribution in [1.29, 1.82) is 0 Å². The van der Waals surface area contributed by atoms with Gasteiger partial charge in [-0.25, -0.2) is 9.97 Å². The zero-order valence-electron chi connectivity index (χ0n) is 13.5. The minimum absolute atomic E-state index is 0.0183. The van der Waals surface area contributed by atoms with Crippen molar-refractivity contribution in [2.45, 2.75) is 31.7 Å². The Morgan fingerprint density at radius 2 is 1.75 bits per heavy atom.